The van der Waals surface area contributed by atoms with Crippen molar-refractivity contribution in [1.82, 2.24) is 9.97 Å². The molecule has 1 aromatic carbocycles. The standard InChI is InChI=1S/C16H18N2OS/c1-11-6-2-3-7-12(11)10-20-15-13-8-4-5-9-14(13)17-16(19)18-15/h2-3,6-7H,4-5,8-10H2,1H3,(H,17,18,19). The molecule has 0 bridgehead atoms. The molecule has 0 saturated heterocycles. The highest BCUT2D eigenvalue weighted by atomic mass is 32.2. The van der Waals surface area contributed by atoms with Crippen LogP contribution in [0.1, 0.15) is 35.2 Å². The summed E-state index contributed by atoms with van der Waals surface area (Å²) in [5, 5.41) is 0.923. The number of aromatic amines is 1. The van der Waals surface area contributed by atoms with Crippen LogP contribution in [0.15, 0.2) is 34.1 Å². The monoisotopic (exact) mass is 286 g/mol. The molecular formula is C16H18N2OS. The summed E-state index contributed by atoms with van der Waals surface area (Å²) >= 11 is 1.69. The number of hydrogen-bond acceptors (Lipinski definition) is 3. The van der Waals surface area contributed by atoms with Gasteiger partial charge in [0.05, 0.1) is 0 Å². The lowest BCUT2D eigenvalue weighted by Crippen LogP contribution is -2.19. The van der Waals surface area contributed by atoms with E-state index in [1.807, 2.05) is 0 Å². The lowest BCUT2D eigenvalue weighted by Gasteiger charge is -2.17. The van der Waals surface area contributed by atoms with Gasteiger partial charge in [-0.05, 0) is 43.7 Å². The summed E-state index contributed by atoms with van der Waals surface area (Å²) in [6.45, 7) is 2.12. The van der Waals surface area contributed by atoms with Crippen LogP contribution in [0.2, 0.25) is 0 Å². The first kappa shape index (κ1) is 13.4. The fourth-order valence-corrected chi connectivity index (χ4v) is 3.80. The smallest absolute Gasteiger partial charge is 0.309 e. The Balaban J connectivity index is 1.86. The molecule has 3 rings (SSSR count). The van der Waals surface area contributed by atoms with Gasteiger partial charge < -0.3 is 4.98 Å². The van der Waals surface area contributed by atoms with E-state index in [0.717, 1.165) is 35.7 Å². The molecule has 0 fully saturated rings. The average Bonchev–Trinajstić information content (AvgIpc) is 2.46. The summed E-state index contributed by atoms with van der Waals surface area (Å²) in [4.78, 5) is 18.7. The quantitative estimate of drug-likeness (QED) is 0.696. The van der Waals surface area contributed by atoms with Crippen molar-refractivity contribution in [2.45, 2.75) is 43.4 Å². The van der Waals surface area contributed by atoms with E-state index in [1.54, 1.807) is 11.8 Å². The van der Waals surface area contributed by atoms with Crippen molar-refractivity contribution < 1.29 is 0 Å². The number of H-pyrrole nitrogens is 1. The molecule has 20 heavy (non-hydrogen) atoms. The van der Waals surface area contributed by atoms with Gasteiger partial charge in [0.2, 0.25) is 0 Å². The van der Waals surface area contributed by atoms with E-state index >= 15 is 0 Å². The summed E-state index contributed by atoms with van der Waals surface area (Å²) in [6.07, 6.45) is 4.37. The lowest BCUT2D eigenvalue weighted by molar-refractivity contribution is 0.639. The zero-order valence-electron chi connectivity index (χ0n) is 11.6. The fourth-order valence-electron chi connectivity index (χ4n) is 2.63. The molecule has 1 N–H and O–H groups in total. The number of nitrogens with one attached hydrogen (secondary N) is 1. The molecule has 1 aromatic heterocycles. The number of benzene rings is 1. The number of rotatable bonds is 3. The molecule has 0 spiro atoms. The van der Waals surface area contributed by atoms with Crippen LogP contribution in [0.5, 0.6) is 0 Å². The zero-order valence-corrected chi connectivity index (χ0v) is 12.4. The van der Waals surface area contributed by atoms with E-state index in [-0.39, 0.29) is 5.69 Å². The normalized spacial score (nSPS) is 14.1. The largest absolute Gasteiger partial charge is 0.346 e. The van der Waals surface area contributed by atoms with E-state index in [2.05, 4.69) is 41.2 Å². The van der Waals surface area contributed by atoms with E-state index in [4.69, 9.17) is 0 Å². The maximum Gasteiger partial charge on any atom is 0.346 e. The van der Waals surface area contributed by atoms with Crippen LogP contribution in [-0.4, -0.2) is 9.97 Å². The molecule has 0 saturated carbocycles. The lowest BCUT2D eigenvalue weighted by atomic mass is 9.98. The number of aryl methyl sites for hydroxylation is 2. The van der Waals surface area contributed by atoms with E-state index < -0.39 is 0 Å². The molecule has 0 amide bonds. The number of hydrogen-bond donors (Lipinski definition) is 1. The summed E-state index contributed by atoms with van der Waals surface area (Å²) in [7, 11) is 0. The first-order valence-corrected chi connectivity index (χ1v) is 8.02. The minimum absolute atomic E-state index is 0.210. The Hall–Kier alpha value is -1.55. The van der Waals surface area contributed by atoms with Crippen molar-refractivity contribution in [3.63, 3.8) is 0 Å². The van der Waals surface area contributed by atoms with Crippen molar-refractivity contribution in [3.05, 3.63) is 57.1 Å². The Kier molecular flexibility index (Phi) is 3.92. The minimum Gasteiger partial charge on any atom is -0.309 e. The molecule has 3 nitrogen and oxygen atoms in total. The summed E-state index contributed by atoms with van der Waals surface area (Å²) < 4.78 is 0. The second-order valence-corrected chi connectivity index (χ2v) is 6.19. The Labute approximate surface area is 122 Å². The van der Waals surface area contributed by atoms with Crippen LogP contribution in [0.25, 0.3) is 0 Å². The molecule has 1 aliphatic rings. The highest BCUT2D eigenvalue weighted by molar-refractivity contribution is 7.98. The van der Waals surface area contributed by atoms with E-state index in [0.29, 0.717) is 0 Å². The first-order chi connectivity index (χ1) is 9.74. The van der Waals surface area contributed by atoms with Crippen LogP contribution in [0.4, 0.5) is 0 Å². The van der Waals surface area contributed by atoms with Gasteiger partial charge in [0.25, 0.3) is 0 Å². The van der Waals surface area contributed by atoms with Crippen molar-refractivity contribution in [3.8, 4) is 0 Å². The molecule has 4 heteroatoms. The van der Waals surface area contributed by atoms with Gasteiger partial charge in [-0.15, -0.1) is 11.8 Å². The third-order valence-electron chi connectivity index (χ3n) is 3.81. The molecule has 2 aromatic rings. The highest BCUT2D eigenvalue weighted by Crippen LogP contribution is 2.29. The topological polar surface area (TPSA) is 45.8 Å². The van der Waals surface area contributed by atoms with Gasteiger partial charge in [0.1, 0.15) is 5.03 Å². The number of fused-ring (bicyclic) bond motifs is 1. The summed E-state index contributed by atoms with van der Waals surface area (Å²) in [5.41, 5.74) is 4.75. The van der Waals surface area contributed by atoms with Gasteiger partial charge in [-0.3, -0.25) is 0 Å². The van der Waals surface area contributed by atoms with Gasteiger partial charge in [-0.1, -0.05) is 24.3 Å². The molecule has 1 aliphatic carbocycles. The second-order valence-electron chi connectivity index (χ2n) is 5.23. The maximum atomic E-state index is 11.7. The highest BCUT2D eigenvalue weighted by Gasteiger charge is 2.16. The van der Waals surface area contributed by atoms with Crippen molar-refractivity contribution in [2.75, 3.05) is 0 Å². The van der Waals surface area contributed by atoms with Gasteiger partial charge in [-0.25, -0.2) is 4.79 Å². The average molecular weight is 286 g/mol. The van der Waals surface area contributed by atoms with Crippen LogP contribution < -0.4 is 5.69 Å². The van der Waals surface area contributed by atoms with E-state index in [9.17, 15) is 4.79 Å². The zero-order chi connectivity index (χ0) is 13.9. The fraction of sp³-hybridized carbons (Fsp3) is 0.375. The molecule has 0 atom stereocenters. The number of thioether (sulfide) groups is 1. The summed E-state index contributed by atoms with van der Waals surface area (Å²) in [6, 6.07) is 8.37. The third-order valence-corrected chi connectivity index (χ3v) is 4.88. The van der Waals surface area contributed by atoms with Crippen molar-refractivity contribution in [2.24, 2.45) is 0 Å². The molecule has 1 heterocycles. The Morgan fingerprint density at radius 2 is 2.05 bits per heavy atom. The molecule has 0 aliphatic heterocycles. The predicted molar refractivity (Wildman–Crippen MR) is 82.2 cm³/mol. The summed E-state index contributed by atoms with van der Waals surface area (Å²) in [5.74, 6) is 0.871. The van der Waals surface area contributed by atoms with Gasteiger partial charge >= 0.3 is 5.69 Å². The second kappa shape index (κ2) is 5.83. The Bertz CT molecular complexity index is 678. The third kappa shape index (κ3) is 2.80. The van der Waals surface area contributed by atoms with Gasteiger partial charge in [-0.2, -0.15) is 4.98 Å². The van der Waals surface area contributed by atoms with Gasteiger partial charge in [0, 0.05) is 17.0 Å². The number of aromatic nitrogens is 2. The number of nitrogens with zero attached hydrogens (tertiary/aromatic N) is 1. The van der Waals surface area contributed by atoms with Crippen LogP contribution >= 0.6 is 11.8 Å². The Morgan fingerprint density at radius 1 is 1.25 bits per heavy atom. The molecule has 0 radical (unpaired) electrons. The van der Waals surface area contributed by atoms with Crippen molar-refractivity contribution in [1.29, 1.82) is 0 Å². The van der Waals surface area contributed by atoms with Gasteiger partial charge in [0.15, 0.2) is 0 Å². The predicted octanol–water partition coefficient (Wildman–Crippen LogP) is 3.25. The Morgan fingerprint density at radius 3 is 2.90 bits per heavy atom. The van der Waals surface area contributed by atoms with Crippen LogP contribution in [0, 0.1) is 6.92 Å². The van der Waals surface area contributed by atoms with Crippen molar-refractivity contribution >= 4 is 11.8 Å². The molecule has 104 valence electrons. The maximum absolute atomic E-state index is 11.7. The SMILES string of the molecule is Cc1ccccc1CSc1nc(=O)[nH]c2c1CCCC2. The molecule has 0 unspecified atom stereocenters. The van der Waals surface area contributed by atoms with Crippen LogP contribution in [0.3, 0.4) is 0 Å². The first-order valence-electron chi connectivity index (χ1n) is 7.03. The minimum atomic E-state index is -0.210. The van der Waals surface area contributed by atoms with E-state index in [1.165, 1.54) is 23.1 Å². The van der Waals surface area contributed by atoms with Crippen LogP contribution in [-0.2, 0) is 18.6 Å². The molecular weight excluding hydrogens is 268 g/mol.